The van der Waals surface area contributed by atoms with Crippen molar-refractivity contribution in [2.45, 2.75) is 25.5 Å². The van der Waals surface area contributed by atoms with Crippen molar-refractivity contribution in [3.05, 3.63) is 17.0 Å². The quantitative estimate of drug-likeness (QED) is 0.835. The van der Waals surface area contributed by atoms with E-state index in [0.717, 1.165) is 25.3 Å². The van der Waals surface area contributed by atoms with Gasteiger partial charge in [-0.25, -0.2) is 9.97 Å². The smallest absolute Gasteiger partial charge is 0.140 e. The molecule has 0 aromatic carbocycles. The maximum atomic E-state index is 9.40. The van der Waals surface area contributed by atoms with E-state index in [9.17, 15) is 5.11 Å². The Labute approximate surface area is 112 Å². The normalized spacial score (nSPS) is 21.0. The summed E-state index contributed by atoms with van der Waals surface area (Å²) in [6, 6.07) is 0.403. The van der Waals surface area contributed by atoms with Crippen LogP contribution in [-0.4, -0.2) is 53.2 Å². The Bertz CT molecular complexity index is 415. The Balaban J connectivity index is 2.22. The summed E-state index contributed by atoms with van der Waals surface area (Å²) >= 11 is 5.99. The molecule has 0 radical (unpaired) electrons. The molecule has 6 heteroatoms. The van der Waals surface area contributed by atoms with E-state index in [2.05, 4.69) is 26.8 Å². The summed E-state index contributed by atoms with van der Waals surface area (Å²) in [6.45, 7) is 2.01. The molecule has 1 aromatic heterocycles. The maximum Gasteiger partial charge on any atom is 0.140 e. The number of hydrogen-bond donors (Lipinski definition) is 1. The first-order valence-corrected chi connectivity index (χ1v) is 6.53. The Hall–Kier alpha value is -0.910. The van der Waals surface area contributed by atoms with Crippen LogP contribution in [-0.2, 0) is 6.61 Å². The van der Waals surface area contributed by atoms with Gasteiger partial charge >= 0.3 is 0 Å². The number of rotatable bonds is 3. The predicted octanol–water partition coefficient (Wildman–Crippen LogP) is 1.15. The van der Waals surface area contributed by atoms with Crippen molar-refractivity contribution in [1.29, 1.82) is 0 Å². The number of aliphatic hydroxyl groups is 1. The van der Waals surface area contributed by atoms with Crippen LogP contribution in [0.1, 0.15) is 18.4 Å². The average Bonchev–Trinajstić information content (AvgIpc) is 2.37. The topological polar surface area (TPSA) is 52.5 Å². The molecule has 5 nitrogen and oxygen atoms in total. The predicted molar refractivity (Wildman–Crippen MR) is 71.9 cm³/mol. The third-order valence-electron chi connectivity index (χ3n) is 3.51. The third-order valence-corrected chi connectivity index (χ3v) is 3.84. The third kappa shape index (κ3) is 2.74. The van der Waals surface area contributed by atoms with Crippen molar-refractivity contribution in [3.63, 3.8) is 0 Å². The van der Waals surface area contributed by atoms with Gasteiger partial charge in [0.1, 0.15) is 17.3 Å². The first-order chi connectivity index (χ1) is 8.63. The number of anilines is 1. The summed E-state index contributed by atoms with van der Waals surface area (Å²) < 4.78 is 0. The number of likely N-dealkylation sites (N-methyl/N-ethyl adjacent to an activating group) is 2. The molecular weight excluding hydrogens is 252 g/mol. The molecule has 1 unspecified atom stereocenters. The van der Waals surface area contributed by atoms with E-state index in [4.69, 9.17) is 11.6 Å². The number of halogens is 1. The summed E-state index contributed by atoms with van der Waals surface area (Å²) in [6.07, 6.45) is 3.76. The molecule has 2 rings (SSSR count). The van der Waals surface area contributed by atoms with Gasteiger partial charge in [0.2, 0.25) is 0 Å². The van der Waals surface area contributed by atoms with Gasteiger partial charge in [-0.15, -0.1) is 0 Å². The van der Waals surface area contributed by atoms with Crippen molar-refractivity contribution in [3.8, 4) is 0 Å². The fourth-order valence-corrected chi connectivity index (χ4v) is 2.64. The summed E-state index contributed by atoms with van der Waals surface area (Å²) in [4.78, 5) is 12.6. The molecule has 18 heavy (non-hydrogen) atoms. The van der Waals surface area contributed by atoms with Crippen LogP contribution in [0.25, 0.3) is 0 Å². The van der Waals surface area contributed by atoms with Crippen LogP contribution in [0.4, 0.5) is 5.82 Å². The Morgan fingerprint density at radius 1 is 1.56 bits per heavy atom. The molecule has 1 atom stereocenters. The van der Waals surface area contributed by atoms with Gasteiger partial charge in [-0.2, -0.15) is 0 Å². The number of aromatic nitrogens is 2. The first kappa shape index (κ1) is 13.5. The van der Waals surface area contributed by atoms with Gasteiger partial charge in [-0.1, -0.05) is 11.6 Å². The second-order valence-corrected chi connectivity index (χ2v) is 5.15. The highest BCUT2D eigenvalue weighted by molar-refractivity contribution is 6.30. The fourth-order valence-electron chi connectivity index (χ4n) is 2.45. The lowest BCUT2D eigenvalue weighted by atomic mass is 10.0. The molecule has 1 N–H and O–H groups in total. The number of piperidine rings is 1. The van der Waals surface area contributed by atoms with E-state index >= 15 is 0 Å². The summed E-state index contributed by atoms with van der Waals surface area (Å²) in [5.41, 5.74) is 0.606. The molecular formula is C12H19ClN4O. The Kier molecular flexibility index (Phi) is 4.37. The van der Waals surface area contributed by atoms with E-state index in [1.54, 1.807) is 0 Å². The van der Waals surface area contributed by atoms with Gasteiger partial charge in [0.15, 0.2) is 0 Å². The van der Waals surface area contributed by atoms with Gasteiger partial charge in [-0.3, -0.25) is 0 Å². The van der Waals surface area contributed by atoms with Crippen LogP contribution in [0.15, 0.2) is 6.33 Å². The van der Waals surface area contributed by atoms with E-state index in [1.807, 2.05) is 7.05 Å². The Morgan fingerprint density at radius 3 is 3.00 bits per heavy atom. The molecule has 2 heterocycles. The molecule has 1 saturated heterocycles. The van der Waals surface area contributed by atoms with E-state index in [0.29, 0.717) is 16.8 Å². The number of nitrogens with zero attached hydrogens (tertiary/aromatic N) is 4. The largest absolute Gasteiger partial charge is 0.391 e. The van der Waals surface area contributed by atoms with Crippen LogP contribution < -0.4 is 4.90 Å². The molecule has 1 aliphatic rings. The minimum absolute atomic E-state index is 0.137. The average molecular weight is 271 g/mol. The Morgan fingerprint density at radius 2 is 2.33 bits per heavy atom. The lowest BCUT2D eigenvalue weighted by Crippen LogP contribution is -2.45. The molecule has 1 fully saturated rings. The zero-order valence-corrected chi connectivity index (χ0v) is 11.6. The van der Waals surface area contributed by atoms with Gasteiger partial charge in [0, 0.05) is 19.6 Å². The summed E-state index contributed by atoms with van der Waals surface area (Å²) in [5, 5.41) is 9.73. The molecule has 0 saturated carbocycles. The SMILES string of the molecule is CN1CCCC(N(C)c2ncnc(Cl)c2CO)C1. The maximum absolute atomic E-state index is 9.40. The minimum Gasteiger partial charge on any atom is -0.391 e. The number of hydrogen-bond acceptors (Lipinski definition) is 5. The second kappa shape index (κ2) is 5.82. The standard InChI is InChI=1S/C12H19ClN4O/c1-16-5-3-4-9(6-16)17(2)12-10(7-18)11(13)14-8-15-12/h8-9,18H,3-7H2,1-2H3. The van der Waals surface area contributed by atoms with Crippen LogP contribution in [0.2, 0.25) is 5.15 Å². The minimum atomic E-state index is -0.137. The number of likely N-dealkylation sites (tertiary alicyclic amines) is 1. The van der Waals surface area contributed by atoms with E-state index in [-0.39, 0.29) is 6.61 Å². The van der Waals surface area contributed by atoms with Gasteiger partial charge in [0.25, 0.3) is 0 Å². The molecule has 1 aromatic rings. The van der Waals surface area contributed by atoms with Crippen molar-refractivity contribution in [1.82, 2.24) is 14.9 Å². The van der Waals surface area contributed by atoms with Crippen molar-refractivity contribution in [2.24, 2.45) is 0 Å². The monoisotopic (exact) mass is 270 g/mol. The van der Waals surface area contributed by atoms with Gasteiger partial charge in [0.05, 0.1) is 12.2 Å². The fraction of sp³-hybridized carbons (Fsp3) is 0.667. The van der Waals surface area contributed by atoms with Crippen molar-refractivity contribution in [2.75, 3.05) is 32.1 Å². The molecule has 100 valence electrons. The highest BCUT2D eigenvalue weighted by Gasteiger charge is 2.24. The zero-order chi connectivity index (χ0) is 13.1. The highest BCUT2D eigenvalue weighted by Crippen LogP contribution is 2.26. The van der Waals surface area contributed by atoms with E-state index in [1.165, 1.54) is 12.7 Å². The second-order valence-electron chi connectivity index (χ2n) is 4.79. The molecule has 1 aliphatic heterocycles. The van der Waals surface area contributed by atoms with Crippen molar-refractivity contribution >= 4 is 17.4 Å². The van der Waals surface area contributed by atoms with Crippen LogP contribution >= 0.6 is 11.6 Å². The van der Waals surface area contributed by atoms with Crippen LogP contribution in [0, 0.1) is 0 Å². The van der Waals surface area contributed by atoms with Gasteiger partial charge in [-0.05, 0) is 26.4 Å². The van der Waals surface area contributed by atoms with E-state index < -0.39 is 0 Å². The van der Waals surface area contributed by atoms with Gasteiger partial charge < -0.3 is 14.9 Å². The lowest BCUT2D eigenvalue weighted by molar-refractivity contribution is 0.246. The molecule has 0 spiro atoms. The first-order valence-electron chi connectivity index (χ1n) is 6.15. The molecule has 0 bridgehead atoms. The molecule has 0 amide bonds. The zero-order valence-electron chi connectivity index (χ0n) is 10.8. The lowest BCUT2D eigenvalue weighted by Gasteiger charge is -2.37. The number of aliphatic hydroxyl groups excluding tert-OH is 1. The van der Waals surface area contributed by atoms with Crippen LogP contribution in [0.3, 0.4) is 0 Å². The van der Waals surface area contributed by atoms with Crippen LogP contribution in [0.5, 0.6) is 0 Å². The van der Waals surface area contributed by atoms with Crippen molar-refractivity contribution < 1.29 is 5.11 Å². The summed E-state index contributed by atoms with van der Waals surface area (Å²) in [5.74, 6) is 0.734. The molecule has 0 aliphatic carbocycles. The summed E-state index contributed by atoms with van der Waals surface area (Å²) in [7, 11) is 4.13. The highest BCUT2D eigenvalue weighted by atomic mass is 35.5.